The SMILES string of the molecule is Cc1nc(CN2CC[C@H](O)[C@@](Cc3ccccc3)(C(=O)O)C2)sc1C. The molecule has 0 unspecified atom stereocenters. The summed E-state index contributed by atoms with van der Waals surface area (Å²) in [5, 5.41) is 21.5. The molecule has 2 heterocycles. The topological polar surface area (TPSA) is 73.7 Å². The Hall–Kier alpha value is -1.76. The van der Waals surface area contributed by atoms with Crippen molar-refractivity contribution in [3.8, 4) is 0 Å². The third-order valence-corrected chi connectivity index (χ3v) is 6.14. The highest BCUT2D eigenvalue weighted by molar-refractivity contribution is 7.11. The predicted octanol–water partition coefficient (Wildman–Crippen LogP) is 2.64. The molecule has 0 aliphatic carbocycles. The number of aliphatic hydroxyl groups excluding tert-OH is 1. The van der Waals surface area contributed by atoms with Gasteiger partial charge in [-0.3, -0.25) is 9.69 Å². The summed E-state index contributed by atoms with van der Waals surface area (Å²) in [7, 11) is 0. The molecule has 2 N–H and O–H groups in total. The molecule has 1 saturated heterocycles. The Morgan fingerprint density at radius 1 is 1.36 bits per heavy atom. The van der Waals surface area contributed by atoms with Crippen LogP contribution in [-0.4, -0.2) is 45.3 Å². The Morgan fingerprint density at radius 3 is 2.68 bits per heavy atom. The first-order valence-electron chi connectivity index (χ1n) is 8.51. The summed E-state index contributed by atoms with van der Waals surface area (Å²) in [5.74, 6) is -0.931. The van der Waals surface area contributed by atoms with Crippen LogP contribution in [0.3, 0.4) is 0 Å². The molecule has 1 aromatic carbocycles. The molecule has 2 atom stereocenters. The summed E-state index contributed by atoms with van der Waals surface area (Å²) in [5.41, 5.74) is 0.790. The first-order valence-corrected chi connectivity index (χ1v) is 9.33. The van der Waals surface area contributed by atoms with Crippen LogP contribution >= 0.6 is 11.3 Å². The van der Waals surface area contributed by atoms with Gasteiger partial charge < -0.3 is 10.2 Å². The Morgan fingerprint density at radius 2 is 2.08 bits per heavy atom. The van der Waals surface area contributed by atoms with Crippen LogP contribution in [0.1, 0.15) is 27.6 Å². The van der Waals surface area contributed by atoms with E-state index >= 15 is 0 Å². The van der Waals surface area contributed by atoms with E-state index in [1.165, 1.54) is 4.88 Å². The van der Waals surface area contributed by atoms with Gasteiger partial charge in [0.25, 0.3) is 0 Å². The summed E-state index contributed by atoms with van der Waals surface area (Å²) in [6.07, 6.45) is -0.0552. The number of nitrogens with zero attached hydrogens (tertiary/aromatic N) is 2. The Bertz CT molecular complexity index is 727. The van der Waals surface area contributed by atoms with Crippen molar-refractivity contribution >= 4 is 17.3 Å². The molecule has 1 aliphatic heterocycles. The van der Waals surface area contributed by atoms with E-state index in [0.717, 1.165) is 16.3 Å². The Kier molecular flexibility index (Phi) is 5.22. The first kappa shape index (κ1) is 18.0. The number of aromatic nitrogens is 1. The summed E-state index contributed by atoms with van der Waals surface area (Å²) in [6.45, 7) is 5.69. The van der Waals surface area contributed by atoms with E-state index in [4.69, 9.17) is 0 Å². The van der Waals surface area contributed by atoms with Crippen molar-refractivity contribution in [2.24, 2.45) is 5.41 Å². The molecule has 25 heavy (non-hydrogen) atoms. The van der Waals surface area contributed by atoms with Gasteiger partial charge in [0.2, 0.25) is 0 Å². The second-order valence-electron chi connectivity index (χ2n) is 6.89. The minimum atomic E-state index is -1.18. The lowest BCUT2D eigenvalue weighted by molar-refractivity contribution is -0.163. The largest absolute Gasteiger partial charge is 0.481 e. The van der Waals surface area contributed by atoms with Crippen molar-refractivity contribution in [3.63, 3.8) is 0 Å². The van der Waals surface area contributed by atoms with Crippen molar-refractivity contribution in [2.45, 2.75) is 39.3 Å². The van der Waals surface area contributed by atoms with E-state index in [2.05, 4.69) is 9.88 Å². The molecule has 0 amide bonds. The summed E-state index contributed by atoms with van der Waals surface area (Å²) < 4.78 is 0. The molecular weight excluding hydrogens is 336 g/mol. The van der Waals surface area contributed by atoms with Crippen LogP contribution in [0.25, 0.3) is 0 Å². The second-order valence-corrected chi connectivity index (χ2v) is 8.18. The maximum Gasteiger partial charge on any atom is 0.313 e. The molecule has 1 fully saturated rings. The van der Waals surface area contributed by atoms with Gasteiger partial charge in [0.15, 0.2) is 0 Å². The van der Waals surface area contributed by atoms with Crippen molar-refractivity contribution < 1.29 is 15.0 Å². The lowest BCUT2D eigenvalue weighted by atomic mass is 9.73. The molecule has 1 aromatic heterocycles. The number of aliphatic hydroxyl groups is 1. The van der Waals surface area contributed by atoms with Gasteiger partial charge in [-0.25, -0.2) is 4.98 Å². The molecule has 1 aliphatic rings. The van der Waals surface area contributed by atoms with Crippen LogP contribution < -0.4 is 0 Å². The monoisotopic (exact) mass is 360 g/mol. The fourth-order valence-corrected chi connectivity index (χ4v) is 4.49. The zero-order valence-corrected chi connectivity index (χ0v) is 15.4. The summed E-state index contributed by atoms with van der Waals surface area (Å²) >= 11 is 1.66. The number of hydrogen-bond donors (Lipinski definition) is 2. The van der Waals surface area contributed by atoms with E-state index in [-0.39, 0.29) is 0 Å². The van der Waals surface area contributed by atoms with Crippen LogP contribution in [0.15, 0.2) is 30.3 Å². The number of hydrogen-bond acceptors (Lipinski definition) is 5. The number of carboxylic acid groups (broad SMARTS) is 1. The number of aliphatic carboxylic acids is 1. The van der Waals surface area contributed by atoms with Crippen LogP contribution in [-0.2, 0) is 17.8 Å². The molecule has 134 valence electrons. The van der Waals surface area contributed by atoms with Gasteiger partial charge in [-0.2, -0.15) is 0 Å². The van der Waals surface area contributed by atoms with Crippen LogP contribution in [0.5, 0.6) is 0 Å². The molecule has 0 radical (unpaired) electrons. The standard InChI is InChI=1S/C19H24N2O3S/c1-13-14(2)25-17(20-13)11-21-9-8-16(22)19(12-21,18(23)24)10-15-6-4-3-5-7-15/h3-7,16,22H,8-12H2,1-2H3,(H,23,24)/t16-,19-/m0/s1. The predicted molar refractivity (Wildman–Crippen MR) is 97.7 cm³/mol. The average Bonchev–Trinajstić information content (AvgIpc) is 2.89. The molecule has 3 rings (SSSR count). The minimum Gasteiger partial charge on any atom is -0.481 e. The molecule has 0 bridgehead atoms. The van der Waals surface area contributed by atoms with E-state index in [9.17, 15) is 15.0 Å². The highest BCUT2D eigenvalue weighted by atomic mass is 32.1. The number of carboxylic acids is 1. The number of carbonyl (C=O) groups is 1. The maximum absolute atomic E-state index is 12.1. The molecule has 6 heteroatoms. The average molecular weight is 360 g/mol. The van der Waals surface area contributed by atoms with Crippen LogP contribution in [0.4, 0.5) is 0 Å². The number of likely N-dealkylation sites (tertiary alicyclic amines) is 1. The van der Waals surface area contributed by atoms with Gasteiger partial charge in [0, 0.05) is 18.0 Å². The lowest BCUT2D eigenvalue weighted by Crippen LogP contribution is -2.56. The quantitative estimate of drug-likeness (QED) is 0.857. The summed E-state index contributed by atoms with van der Waals surface area (Å²) in [4.78, 5) is 20.0. The molecule has 0 saturated carbocycles. The molecular formula is C19H24N2O3S. The van der Waals surface area contributed by atoms with E-state index in [1.54, 1.807) is 11.3 Å². The highest BCUT2D eigenvalue weighted by Gasteiger charge is 2.49. The van der Waals surface area contributed by atoms with E-state index in [0.29, 0.717) is 32.5 Å². The van der Waals surface area contributed by atoms with Gasteiger partial charge in [0.1, 0.15) is 10.4 Å². The summed E-state index contributed by atoms with van der Waals surface area (Å²) in [6, 6.07) is 9.55. The second kappa shape index (κ2) is 7.23. The Labute approximate surface area is 152 Å². The van der Waals surface area contributed by atoms with Gasteiger partial charge >= 0.3 is 5.97 Å². The minimum absolute atomic E-state index is 0.329. The number of rotatable bonds is 5. The first-order chi connectivity index (χ1) is 11.9. The maximum atomic E-state index is 12.1. The van der Waals surface area contributed by atoms with Crippen molar-refractivity contribution in [1.82, 2.24) is 9.88 Å². The number of aryl methyl sites for hydroxylation is 2. The fourth-order valence-electron chi connectivity index (χ4n) is 3.52. The number of piperidine rings is 1. The highest BCUT2D eigenvalue weighted by Crippen LogP contribution is 2.35. The van der Waals surface area contributed by atoms with Crippen molar-refractivity contribution in [2.75, 3.05) is 13.1 Å². The van der Waals surface area contributed by atoms with E-state index in [1.807, 2.05) is 44.2 Å². The van der Waals surface area contributed by atoms with Crippen molar-refractivity contribution in [3.05, 3.63) is 51.5 Å². The van der Waals surface area contributed by atoms with Gasteiger partial charge in [-0.1, -0.05) is 30.3 Å². The number of benzene rings is 1. The van der Waals surface area contributed by atoms with E-state index < -0.39 is 17.5 Å². The third kappa shape index (κ3) is 3.76. The fraction of sp³-hybridized carbons (Fsp3) is 0.474. The molecule has 2 aromatic rings. The number of thiazole rings is 1. The zero-order valence-electron chi connectivity index (χ0n) is 14.6. The van der Waals surface area contributed by atoms with Crippen molar-refractivity contribution in [1.29, 1.82) is 0 Å². The van der Waals surface area contributed by atoms with Crippen LogP contribution in [0.2, 0.25) is 0 Å². The Balaban J connectivity index is 1.82. The molecule has 5 nitrogen and oxygen atoms in total. The zero-order chi connectivity index (χ0) is 18.0. The lowest BCUT2D eigenvalue weighted by Gasteiger charge is -2.43. The smallest absolute Gasteiger partial charge is 0.313 e. The van der Waals surface area contributed by atoms with Gasteiger partial charge in [-0.15, -0.1) is 11.3 Å². The van der Waals surface area contributed by atoms with Gasteiger partial charge in [-0.05, 0) is 32.3 Å². The van der Waals surface area contributed by atoms with Crippen LogP contribution in [0, 0.1) is 19.3 Å². The third-order valence-electron chi connectivity index (χ3n) is 5.08. The molecule has 0 spiro atoms. The van der Waals surface area contributed by atoms with Gasteiger partial charge in [0.05, 0.1) is 18.3 Å². The normalized spacial score (nSPS) is 24.4.